The molecule has 2 aromatic rings. The van der Waals surface area contributed by atoms with Crippen LogP contribution in [0.2, 0.25) is 0 Å². The molecule has 0 bridgehead atoms. The largest absolute Gasteiger partial charge is 0.491 e. The van der Waals surface area contributed by atoms with Crippen molar-refractivity contribution in [2.45, 2.75) is 31.7 Å². The Kier molecular flexibility index (Phi) is 6.70. The van der Waals surface area contributed by atoms with Crippen LogP contribution in [0.4, 0.5) is 5.82 Å². The van der Waals surface area contributed by atoms with E-state index >= 15 is 0 Å². The summed E-state index contributed by atoms with van der Waals surface area (Å²) < 4.78 is 5.93. The zero-order chi connectivity index (χ0) is 21.6. The number of anilines is 1. The predicted octanol–water partition coefficient (Wildman–Crippen LogP) is 2.82. The van der Waals surface area contributed by atoms with Gasteiger partial charge in [-0.15, -0.1) is 0 Å². The van der Waals surface area contributed by atoms with Gasteiger partial charge in [0.1, 0.15) is 18.2 Å². The number of piperidine rings is 1. The summed E-state index contributed by atoms with van der Waals surface area (Å²) in [5, 5.41) is 0. The van der Waals surface area contributed by atoms with Crippen LogP contribution in [0, 0.1) is 0 Å². The lowest BCUT2D eigenvalue weighted by atomic mass is 10.0. The maximum atomic E-state index is 13.3. The molecule has 164 valence electrons. The van der Waals surface area contributed by atoms with E-state index in [9.17, 15) is 9.59 Å². The highest BCUT2D eigenvalue weighted by molar-refractivity contribution is 5.97. The number of hydrogen-bond acceptors (Lipinski definition) is 5. The van der Waals surface area contributed by atoms with Gasteiger partial charge in [-0.05, 0) is 43.5 Å². The SMILES string of the molecule is CN(C(=O)c1ccccc1OCCN1CCCC1=O)[C@H]1CCCN(c2ccccn2)C1. The number of rotatable bonds is 7. The van der Waals surface area contributed by atoms with Gasteiger partial charge in [0.2, 0.25) is 5.91 Å². The standard InChI is InChI=1S/C24H30N4O3/c1-26(19-8-6-15-28(18-19)22-11-4-5-13-25-22)24(30)20-9-2-3-10-21(20)31-17-16-27-14-7-12-23(27)29/h2-5,9-11,13,19H,6-8,12,14-18H2,1H3/t19-/m0/s1. The first-order chi connectivity index (χ1) is 15.1. The van der Waals surface area contributed by atoms with Gasteiger partial charge in [-0.3, -0.25) is 9.59 Å². The third-order valence-corrected chi connectivity index (χ3v) is 6.15. The summed E-state index contributed by atoms with van der Waals surface area (Å²) in [7, 11) is 1.87. The van der Waals surface area contributed by atoms with Crippen molar-refractivity contribution in [3.63, 3.8) is 0 Å². The number of benzene rings is 1. The Hall–Kier alpha value is -3.09. The molecule has 7 nitrogen and oxygen atoms in total. The molecule has 2 saturated heterocycles. The molecule has 0 aliphatic carbocycles. The summed E-state index contributed by atoms with van der Waals surface area (Å²) in [5.74, 6) is 1.67. The van der Waals surface area contributed by atoms with Crippen LogP contribution in [0.1, 0.15) is 36.0 Å². The van der Waals surface area contributed by atoms with Crippen molar-refractivity contribution in [1.29, 1.82) is 0 Å². The molecule has 0 unspecified atom stereocenters. The van der Waals surface area contributed by atoms with Gasteiger partial charge in [0.05, 0.1) is 12.1 Å². The molecule has 0 spiro atoms. The molecule has 0 radical (unpaired) electrons. The van der Waals surface area contributed by atoms with Crippen molar-refractivity contribution >= 4 is 17.6 Å². The maximum absolute atomic E-state index is 13.3. The van der Waals surface area contributed by atoms with Crippen LogP contribution < -0.4 is 9.64 Å². The van der Waals surface area contributed by atoms with Gasteiger partial charge in [0.15, 0.2) is 0 Å². The van der Waals surface area contributed by atoms with Crippen molar-refractivity contribution in [2.24, 2.45) is 0 Å². The Labute approximate surface area is 183 Å². The summed E-state index contributed by atoms with van der Waals surface area (Å²) in [6.07, 6.45) is 5.32. The third-order valence-electron chi connectivity index (χ3n) is 6.15. The van der Waals surface area contributed by atoms with Gasteiger partial charge in [-0.1, -0.05) is 18.2 Å². The zero-order valence-corrected chi connectivity index (χ0v) is 18.1. The molecular weight excluding hydrogens is 392 g/mol. The molecule has 7 heteroatoms. The third kappa shape index (κ3) is 4.98. The highest BCUT2D eigenvalue weighted by atomic mass is 16.5. The average Bonchev–Trinajstić information content (AvgIpc) is 3.23. The number of nitrogens with zero attached hydrogens (tertiary/aromatic N) is 4. The first-order valence-electron chi connectivity index (χ1n) is 11.1. The minimum Gasteiger partial charge on any atom is -0.491 e. The monoisotopic (exact) mass is 422 g/mol. The number of para-hydroxylation sites is 1. The fourth-order valence-electron chi connectivity index (χ4n) is 4.35. The van der Waals surface area contributed by atoms with Crippen molar-refractivity contribution < 1.29 is 14.3 Å². The number of ether oxygens (including phenoxy) is 1. The first kappa shape index (κ1) is 21.2. The van der Waals surface area contributed by atoms with Gasteiger partial charge in [-0.2, -0.15) is 0 Å². The Morgan fingerprint density at radius 3 is 2.77 bits per heavy atom. The van der Waals surface area contributed by atoms with Crippen LogP contribution >= 0.6 is 0 Å². The highest BCUT2D eigenvalue weighted by Crippen LogP contribution is 2.24. The Morgan fingerprint density at radius 1 is 1.16 bits per heavy atom. The predicted molar refractivity (Wildman–Crippen MR) is 119 cm³/mol. The number of likely N-dealkylation sites (tertiary alicyclic amines) is 1. The van der Waals surface area contributed by atoms with E-state index in [4.69, 9.17) is 4.74 Å². The molecular formula is C24H30N4O3. The summed E-state index contributed by atoms with van der Waals surface area (Å²) in [6.45, 7) is 3.44. The second kappa shape index (κ2) is 9.81. The van der Waals surface area contributed by atoms with Crippen LogP contribution in [0.3, 0.4) is 0 Å². The molecule has 0 saturated carbocycles. The number of hydrogen-bond donors (Lipinski definition) is 0. The van der Waals surface area contributed by atoms with E-state index in [2.05, 4.69) is 9.88 Å². The topological polar surface area (TPSA) is 66.0 Å². The van der Waals surface area contributed by atoms with Crippen molar-refractivity contribution in [1.82, 2.24) is 14.8 Å². The summed E-state index contributed by atoms with van der Waals surface area (Å²) in [6, 6.07) is 13.4. The Morgan fingerprint density at radius 2 is 2.00 bits per heavy atom. The van der Waals surface area contributed by atoms with E-state index in [0.717, 1.165) is 44.7 Å². The fourth-order valence-corrected chi connectivity index (χ4v) is 4.35. The summed E-state index contributed by atoms with van der Waals surface area (Å²) >= 11 is 0. The van der Waals surface area contributed by atoms with Gasteiger partial charge < -0.3 is 19.4 Å². The van der Waals surface area contributed by atoms with E-state index in [0.29, 0.717) is 30.9 Å². The van der Waals surface area contributed by atoms with E-state index in [1.54, 1.807) is 6.20 Å². The van der Waals surface area contributed by atoms with Crippen molar-refractivity contribution in [3.8, 4) is 5.75 Å². The second-order valence-electron chi connectivity index (χ2n) is 8.18. The molecule has 3 heterocycles. The number of amides is 2. The normalized spacial score (nSPS) is 18.9. The molecule has 1 atom stereocenters. The number of pyridine rings is 1. The van der Waals surface area contributed by atoms with Gasteiger partial charge >= 0.3 is 0 Å². The first-order valence-corrected chi connectivity index (χ1v) is 11.1. The van der Waals surface area contributed by atoms with Gasteiger partial charge in [0, 0.05) is 45.3 Å². The molecule has 31 heavy (non-hydrogen) atoms. The van der Waals surface area contributed by atoms with Crippen LogP contribution in [0.25, 0.3) is 0 Å². The lowest BCUT2D eigenvalue weighted by Crippen LogP contribution is -2.49. The van der Waals surface area contributed by atoms with Gasteiger partial charge in [0.25, 0.3) is 5.91 Å². The Balaban J connectivity index is 1.39. The lowest BCUT2D eigenvalue weighted by molar-refractivity contribution is -0.128. The zero-order valence-electron chi connectivity index (χ0n) is 18.1. The van der Waals surface area contributed by atoms with E-state index in [1.807, 2.05) is 59.3 Å². The van der Waals surface area contributed by atoms with Crippen LogP contribution in [0.5, 0.6) is 5.75 Å². The number of carbonyl (C=O) groups is 2. The van der Waals surface area contributed by atoms with Crippen LogP contribution in [-0.2, 0) is 4.79 Å². The number of aromatic nitrogens is 1. The Bertz CT molecular complexity index is 905. The molecule has 0 N–H and O–H groups in total. The lowest BCUT2D eigenvalue weighted by Gasteiger charge is -2.38. The van der Waals surface area contributed by atoms with Crippen LogP contribution in [0.15, 0.2) is 48.7 Å². The summed E-state index contributed by atoms with van der Waals surface area (Å²) in [4.78, 5) is 35.5. The number of likely N-dealkylation sites (N-methyl/N-ethyl adjacent to an activating group) is 1. The molecule has 2 aliphatic heterocycles. The molecule has 4 rings (SSSR count). The van der Waals surface area contributed by atoms with Crippen molar-refractivity contribution in [3.05, 3.63) is 54.2 Å². The molecule has 2 aliphatic rings. The number of carbonyl (C=O) groups excluding carboxylic acids is 2. The smallest absolute Gasteiger partial charge is 0.257 e. The highest BCUT2D eigenvalue weighted by Gasteiger charge is 2.28. The minimum absolute atomic E-state index is 0.0410. The quantitative estimate of drug-likeness (QED) is 0.687. The average molecular weight is 423 g/mol. The van der Waals surface area contributed by atoms with E-state index < -0.39 is 0 Å². The molecule has 1 aromatic heterocycles. The van der Waals surface area contributed by atoms with Crippen LogP contribution in [-0.4, -0.2) is 72.5 Å². The fraction of sp³-hybridized carbons (Fsp3) is 0.458. The van der Waals surface area contributed by atoms with Gasteiger partial charge in [-0.25, -0.2) is 4.98 Å². The molecule has 2 fully saturated rings. The maximum Gasteiger partial charge on any atom is 0.257 e. The van der Waals surface area contributed by atoms with E-state index in [1.165, 1.54) is 0 Å². The van der Waals surface area contributed by atoms with E-state index in [-0.39, 0.29) is 17.9 Å². The van der Waals surface area contributed by atoms with Crippen molar-refractivity contribution in [2.75, 3.05) is 44.7 Å². The molecule has 2 amide bonds. The summed E-state index contributed by atoms with van der Waals surface area (Å²) in [5.41, 5.74) is 0.563. The minimum atomic E-state index is -0.0410. The molecule has 1 aromatic carbocycles. The second-order valence-corrected chi connectivity index (χ2v) is 8.18.